The highest BCUT2D eigenvalue weighted by atomic mass is 35.5. The van der Waals surface area contributed by atoms with Crippen molar-refractivity contribution in [2.45, 2.75) is 50.6 Å². The van der Waals surface area contributed by atoms with Crippen LogP contribution in [-0.4, -0.2) is 30.4 Å². The van der Waals surface area contributed by atoms with Crippen molar-refractivity contribution < 1.29 is 8.42 Å². The van der Waals surface area contributed by atoms with Crippen molar-refractivity contribution in [3.63, 3.8) is 0 Å². The van der Waals surface area contributed by atoms with E-state index in [1.165, 1.54) is 4.31 Å². The molecule has 0 N–H and O–H groups in total. The Hall–Kier alpha value is -0.520. The van der Waals surface area contributed by atoms with E-state index in [1.54, 1.807) is 19.3 Å². The van der Waals surface area contributed by atoms with Crippen molar-refractivity contribution in [3.05, 3.63) is 18.0 Å². The molecule has 1 heterocycles. The van der Waals surface area contributed by atoms with Crippen LogP contribution in [0.4, 0.5) is 0 Å². The number of sulfonamides is 1. The fraction of sp³-hybridized carbons (Fsp3) is 0.667. The van der Waals surface area contributed by atoms with Gasteiger partial charge in [-0.3, -0.25) is 0 Å². The van der Waals surface area contributed by atoms with Crippen molar-refractivity contribution in [2.24, 2.45) is 0 Å². The van der Waals surface area contributed by atoms with Gasteiger partial charge >= 0.3 is 0 Å². The van der Waals surface area contributed by atoms with Gasteiger partial charge in [0.1, 0.15) is 4.90 Å². The molecule has 0 spiro atoms. The normalized spacial score (nSPS) is 12.9. The Bertz CT molecular complexity index is 506. The molecule has 0 aliphatic heterocycles. The lowest BCUT2D eigenvalue weighted by Gasteiger charge is -2.20. The largest absolute Gasteiger partial charge is 0.346 e. The third-order valence-corrected chi connectivity index (χ3v) is 5.28. The molecule has 0 aliphatic rings. The Morgan fingerprint density at radius 3 is 2.22 bits per heavy atom. The van der Waals surface area contributed by atoms with Gasteiger partial charge in [0.15, 0.2) is 0 Å². The number of hydrogen-bond donors (Lipinski definition) is 0. The smallest absolute Gasteiger partial charge is 0.244 e. The van der Waals surface area contributed by atoms with E-state index in [9.17, 15) is 8.42 Å². The lowest BCUT2D eigenvalue weighted by Crippen LogP contribution is -2.32. The SMILES string of the molecule is CC(C)N(C)S(=O)(=O)c1cc(CCl)n(C(C)C)c1. The number of rotatable bonds is 5. The summed E-state index contributed by atoms with van der Waals surface area (Å²) in [6.07, 6.45) is 1.66. The number of halogens is 1. The monoisotopic (exact) mass is 292 g/mol. The van der Waals surface area contributed by atoms with Crippen LogP contribution in [0.3, 0.4) is 0 Å². The predicted molar refractivity (Wildman–Crippen MR) is 74.5 cm³/mol. The molecule has 4 nitrogen and oxygen atoms in total. The topological polar surface area (TPSA) is 42.3 Å². The van der Waals surface area contributed by atoms with E-state index in [4.69, 9.17) is 11.6 Å². The van der Waals surface area contributed by atoms with Gasteiger partial charge in [-0.15, -0.1) is 11.6 Å². The van der Waals surface area contributed by atoms with Crippen molar-refractivity contribution in [1.82, 2.24) is 8.87 Å². The summed E-state index contributed by atoms with van der Waals surface area (Å²) in [4.78, 5) is 0.308. The summed E-state index contributed by atoms with van der Waals surface area (Å²) in [5.41, 5.74) is 0.822. The quantitative estimate of drug-likeness (QED) is 0.783. The molecule has 0 aromatic carbocycles. The average molecular weight is 293 g/mol. The summed E-state index contributed by atoms with van der Waals surface area (Å²) in [7, 11) is -1.84. The van der Waals surface area contributed by atoms with Crippen LogP contribution in [0.2, 0.25) is 0 Å². The molecule has 0 amide bonds. The lowest BCUT2D eigenvalue weighted by atomic mass is 10.4. The van der Waals surface area contributed by atoms with Gasteiger partial charge in [0.05, 0.1) is 5.88 Å². The molecule has 0 fully saturated rings. The van der Waals surface area contributed by atoms with E-state index in [0.717, 1.165) is 5.69 Å². The van der Waals surface area contributed by atoms with E-state index in [0.29, 0.717) is 10.8 Å². The van der Waals surface area contributed by atoms with Crippen LogP contribution in [0, 0.1) is 0 Å². The summed E-state index contributed by atoms with van der Waals surface area (Å²) >= 11 is 5.85. The number of aromatic nitrogens is 1. The third kappa shape index (κ3) is 2.90. The molecule has 1 rings (SSSR count). The van der Waals surface area contributed by atoms with E-state index < -0.39 is 10.0 Å². The zero-order chi connectivity index (χ0) is 14.1. The maximum absolute atomic E-state index is 12.3. The van der Waals surface area contributed by atoms with Crippen molar-refractivity contribution in [3.8, 4) is 0 Å². The molecular weight excluding hydrogens is 272 g/mol. The van der Waals surface area contributed by atoms with Gasteiger partial charge in [-0.2, -0.15) is 4.31 Å². The zero-order valence-electron chi connectivity index (χ0n) is 11.5. The molecule has 0 bridgehead atoms. The van der Waals surface area contributed by atoms with Gasteiger partial charge in [-0.25, -0.2) is 8.42 Å². The Morgan fingerprint density at radius 1 is 1.33 bits per heavy atom. The number of alkyl halides is 1. The Kier molecular flexibility index (Phi) is 4.86. The van der Waals surface area contributed by atoms with Crippen LogP contribution >= 0.6 is 11.6 Å². The van der Waals surface area contributed by atoms with Crippen molar-refractivity contribution in [2.75, 3.05) is 7.05 Å². The second-order valence-corrected chi connectivity index (χ2v) is 7.18. The van der Waals surface area contributed by atoms with Crippen LogP contribution in [0.1, 0.15) is 39.4 Å². The second kappa shape index (κ2) is 5.63. The molecule has 18 heavy (non-hydrogen) atoms. The van der Waals surface area contributed by atoms with Gasteiger partial charge in [0, 0.05) is 31.0 Å². The van der Waals surface area contributed by atoms with E-state index in [2.05, 4.69) is 0 Å². The van der Waals surface area contributed by atoms with Crippen molar-refractivity contribution >= 4 is 21.6 Å². The highest BCUT2D eigenvalue weighted by molar-refractivity contribution is 7.89. The number of hydrogen-bond acceptors (Lipinski definition) is 2. The minimum Gasteiger partial charge on any atom is -0.346 e. The fourth-order valence-electron chi connectivity index (χ4n) is 1.67. The molecule has 1 aromatic heterocycles. The lowest BCUT2D eigenvalue weighted by molar-refractivity contribution is 0.410. The average Bonchev–Trinajstić information content (AvgIpc) is 2.72. The van der Waals surface area contributed by atoms with Gasteiger partial charge in [-0.05, 0) is 33.8 Å². The molecule has 0 saturated heterocycles. The summed E-state index contributed by atoms with van der Waals surface area (Å²) in [6.45, 7) is 7.69. The standard InChI is InChI=1S/C12H21ClN2O2S/c1-9(2)14(5)18(16,17)12-6-11(7-13)15(8-12)10(3)4/h6,8-10H,7H2,1-5H3. The molecule has 0 radical (unpaired) electrons. The van der Waals surface area contributed by atoms with Gasteiger partial charge in [-0.1, -0.05) is 0 Å². The molecule has 104 valence electrons. The van der Waals surface area contributed by atoms with Gasteiger partial charge in [0.2, 0.25) is 10.0 Å². The minimum atomic E-state index is -3.43. The molecule has 0 atom stereocenters. The highest BCUT2D eigenvalue weighted by Crippen LogP contribution is 2.23. The minimum absolute atomic E-state index is 0.0724. The molecular formula is C12H21ClN2O2S. The first kappa shape index (κ1) is 15.5. The summed E-state index contributed by atoms with van der Waals surface area (Å²) in [5, 5.41) is 0. The van der Waals surface area contributed by atoms with Gasteiger partial charge < -0.3 is 4.57 Å². The van der Waals surface area contributed by atoms with Crippen LogP contribution in [-0.2, 0) is 15.9 Å². The Labute approximate surface area is 115 Å². The Morgan fingerprint density at radius 2 is 1.89 bits per heavy atom. The van der Waals surface area contributed by atoms with E-state index in [-0.39, 0.29) is 12.1 Å². The predicted octanol–water partition coefficient (Wildman–Crippen LogP) is 2.84. The summed E-state index contributed by atoms with van der Waals surface area (Å²) < 4.78 is 28.0. The molecule has 0 aliphatic carbocycles. The summed E-state index contributed by atoms with van der Waals surface area (Å²) in [5.74, 6) is 0.305. The number of nitrogens with zero attached hydrogens (tertiary/aromatic N) is 2. The fourth-order valence-corrected chi connectivity index (χ4v) is 3.30. The molecule has 0 unspecified atom stereocenters. The van der Waals surface area contributed by atoms with E-state index >= 15 is 0 Å². The summed E-state index contributed by atoms with van der Waals surface area (Å²) in [6, 6.07) is 1.77. The Balaban J connectivity index is 3.26. The maximum Gasteiger partial charge on any atom is 0.244 e. The highest BCUT2D eigenvalue weighted by Gasteiger charge is 2.25. The zero-order valence-corrected chi connectivity index (χ0v) is 13.1. The first-order chi connectivity index (χ1) is 8.21. The molecule has 0 saturated carbocycles. The maximum atomic E-state index is 12.3. The second-order valence-electron chi connectivity index (χ2n) is 4.92. The van der Waals surface area contributed by atoms with E-state index in [1.807, 2.05) is 32.3 Å². The van der Waals surface area contributed by atoms with Crippen molar-refractivity contribution in [1.29, 1.82) is 0 Å². The van der Waals surface area contributed by atoms with Crippen LogP contribution in [0.25, 0.3) is 0 Å². The van der Waals surface area contributed by atoms with Gasteiger partial charge in [0.25, 0.3) is 0 Å². The molecule has 6 heteroatoms. The van der Waals surface area contributed by atoms with Crippen LogP contribution in [0.5, 0.6) is 0 Å². The first-order valence-electron chi connectivity index (χ1n) is 5.96. The van der Waals surface area contributed by atoms with Crippen LogP contribution < -0.4 is 0 Å². The molecule has 1 aromatic rings. The van der Waals surface area contributed by atoms with Crippen LogP contribution in [0.15, 0.2) is 17.2 Å². The first-order valence-corrected chi connectivity index (χ1v) is 7.94. The third-order valence-electron chi connectivity index (χ3n) is 3.00.